The van der Waals surface area contributed by atoms with Gasteiger partial charge in [0.05, 0.1) is 0 Å². The van der Waals surface area contributed by atoms with Crippen LogP contribution in [0.15, 0.2) is 0 Å². The molecule has 1 saturated carbocycles. The molecule has 0 unspecified atom stereocenters. The van der Waals surface area contributed by atoms with Crippen molar-refractivity contribution in [3.8, 4) is 0 Å². The van der Waals surface area contributed by atoms with Crippen molar-refractivity contribution in [3.05, 3.63) is 0 Å². The van der Waals surface area contributed by atoms with Crippen molar-refractivity contribution in [2.45, 2.75) is 51.5 Å². The average Bonchev–Trinajstić information content (AvgIpc) is 2.54. The number of hydrogen-bond acceptors (Lipinski definition) is 3. The van der Waals surface area contributed by atoms with Gasteiger partial charge >= 0.3 is 6.03 Å². The molecule has 1 heterocycles. The fourth-order valence-corrected chi connectivity index (χ4v) is 3.49. The monoisotopic (exact) mass is 324 g/mol. The Balaban J connectivity index is 1.75. The van der Waals surface area contributed by atoms with Crippen LogP contribution < -0.4 is 11.1 Å². The Bertz CT molecular complexity index is 441. The zero-order valence-electron chi connectivity index (χ0n) is 13.9. The number of carbonyl (C=O) groups is 3. The van der Waals surface area contributed by atoms with E-state index in [1.54, 1.807) is 11.8 Å². The molecule has 7 nitrogen and oxygen atoms in total. The summed E-state index contributed by atoms with van der Waals surface area (Å²) in [4.78, 5) is 38.9. The van der Waals surface area contributed by atoms with Crippen molar-refractivity contribution < 1.29 is 14.4 Å². The lowest BCUT2D eigenvalue weighted by atomic mass is 9.86. The summed E-state index contributed by atoms with van der Waals surface area (Å²) >= 11 is 0. The number of amides is 4. The van der Waals surface area contributed by atoms with Crippen LogP contribution in [0.25, 0.3) is 0 Å². The number of nitrogens with zero attached hydrogens (tertiary/aromatic N) is 2. The summed E-state index contributed by atoms with van der Waals surface area (Å²) in [5.74, 6) is 0.603. The summed E-state index contributed by atoms with van der Waals surface area (Å²) in [7, 11) is 0. The van der Waals surface area contributed by atoms with Crippen molar-refractivity contribution in [2.75, 3.05) is 26.2 Å². The third-order valence-electron chi connectivity index (χ3n) is 4.86. The van der Waals surface area contributed by atoms with E-state index in [-0.39, 0.29) is 11.8 Å². The molecule has 3 N–H and O–H groups in total. The first-order valence-electron chi connectivity index (χ1n) is 8.60. The van der Waals surface area contributed by atoms with Crippen LogP contribution in [0.1, 0.15) is 45.4 Å². The van der Waals surface area contributed by atoms with Gasteiger partial charge in [-0.1, -0.05) is 19.3 Å². The lowest BCUT2D eigenvalue weighted by Crippen LogP contribution is -2.55. The molecule has 0 aromatic heterocycles. The summed E-state index contributed by atoms with van der Waals surface area (Å²) in [5, 5.41) is 2.40. The molecule has 0 bridgehead atoms. The van der Waals surface area contributed by atoms with Crippen LogP contribution in [0.5, 0.6) is 0 Å². The summed E-state index contributed by atoms with van der Waals surface area (Å²) < 4.78 is 0. The second kappa shape index (κ2) is 8.17. The van der Waals surface area contributed by atoms with Crippen LogP contribution in [0.2, 0.25) is 0 Å². The van der Waals surface area contributed by atoms with Gasteiger partial charge in [-0.05, 0) is 25.7 Å². The summed E-state index contributed by atoms with van der Waals surface area (Å²) in [6, 6.07) is -1.33. The van der Waals surface area contributed by atoms with Crippen molar-refractivity contribution in [1.82, 2.24) is 15.1 Å². The topological polar surface area (TPSA) is 95.7 Å². The molecular formula is C16H28N4O3. The van der Waals surface area contributed by atoms with Crippen LogP contribution in [0.3, 0.4) is 0 Å². The maximum Gasteiger partial charge on any atom is 0.312 e. The minimum Gasteiger partial charge on any atom is -0.352 e. The largest absolute Gasteiger partial charge is 0.352 e. The summed E-state index contributed by atoms with van der Waals surface area (Å²) in [6.45, 7) is 3.79. The van der Waals surface area contributed by atoms with Gasteiger partial charge in [-0.3, -0.25) is 9.59 Å². The lowest BCUT2D eigenvalue weighted by Gasteiger charge is -2.36. The quantitative estimate of drug-likeness (QED) is 0.796. The van der Waals surface area contributed by atoms with Gasteiger partial charge in [0.25, 0.3) is 0 Å². The number of piperazine rings is 1. The molecule has 130 valence electrons. The molecule has 0 radical (unpaired) electrons. The molecule has 0 aromatic rings. The first kappa shape index (κ1) is 17.6. The molecule has 2 rings (SSSR count). The molecule has 2 fully saturated rings. The van der Waals surface area contributed by atoms with Gasteiger partial charge in [0.1, 0.15) is 6.04 Å². The van der Waals surface area contributed by atoms with Gasteiger partial charge in [0.15, 0.2) is 0 Å². The SMILES string of the molecule is C[C@H](NC(N)=O)C(=O)N1CCN(C(=O)CC2CCCCC2)CC1. The van der Waals surface area contributed by atoms with Crippen LogP contribution in [-0.4, -0.2) is 59.9 Å². The molecule has 23 heavy (non-hydrogen) atoms. The predicted molar refractivity (Wildman–Crippen MR) is 86.5 cm³/mol. The lowest BCUT2D eigenvalue weighted by molar-refractivity contribution is -0.141. The zero-order valence-corrected chi connectivity index (χ0v) is 13.9. The minimum atomic E-state index is -0.702. The van der Waals surface area contributed by atoms with Crippen molar-refractivity contribution in [1.29, 1.82) is 0 Å². The first-order chi connectivity index (χ1) is 11.0. The Kier molecular flexibility index (Phi) is 6.24. The first-order valence-corrected chi connectivity index (χ1v) is 8.60. The number of nitrogens with two attached hydrogens (primary N) is 1. The maximum atomic E-state index is 12.4. The fraction of sp³-hybridized carbons (Fsp3) is 0.812. The third kappa shape index (κ3) is 5.11. The molecule has 0 aromatic carbocycles. The molecule has 1 aliphatic heterocycles. The van der Waals surface area contributed by atoms with Crippen LogP contribution in [-0.2, 0) is 9.59 Å². The van der Waals surface area contributed by atoms with E-state index in [4.69, 9.17) is 5.73 Å². The highest BCUT2D eigenvalue weighted by Gasteiger charge is 2.28. The standard InChI is InChI=1S/C16H28N4O3/c1-12(18-16(17)23)15(22)20-9-7-19(8-10-20)14(21)11-13-5-3-2-4-6-13/h12-13H,2-11H2,1H3,(H3,17,18,23)/t12-/m0/s1. The summed E-state index contributed by atoms with van der Waals surface area (Å²) in [6.07, 6.45) is 6.76. The fourth-order valence-electron chi connectivity index (χ4n) is 3.49. The van der Waals surface area contributed by atoms with E-state index in [9.17, 15) is 14.4 Å². The molecule has 2 aliphatic rings. The zero-order chi connectivity index (χ0) is 16.8. The second-order valence-electron chi connectivity index (χ2n) is 6.64. The Morgan fingerprint density at radius 1 is 1.04 bits per heavy atom. The van der Waals surface area contributed by atoms with Crippen molar-refractivity contribution in [3.63, 3.8) is 0 Å². The number of nitrogens with one attached hydrogen (secondary N) is 1. The molecule has 7 heteroatoms. The third-order valence-corrected chi connectivity index (χ3v) is 4.86. The molecule has 4 amide bonds. The molecule has 1 aliphatic carbocycles. The molecule has 1 atom stereocenters. The molecular weight excluding hydrogens is 296 g/mol. The van der Waals surface area contributed by atoms with Gasteiger partial charge < -0.3 is 20.9 Å². The van der Waals surface area contributed by atoms with E-state index < -0.39 is 12.1 Å². The Morgan fingerprint density at radius 3 is 2.17 bits per heavy atom. The Labute approximate surface area is 137 Å². The van der Waals surface area contributed by atoms with E-state index in [0.29, 0.717) is 38.5 Å². The smallest absolute Gasteiger partial charge is 0.312 e. The average molecular weight is 324 g/mol. The van der Waals surface area contributed by atoms with Gasteiger partial charge in [0, 0.05) is 32.6 Å². The highest BCUT2D eigenvalue weighted by molar-refractivity contribution is 5.86. The van der Waals surface area contributed by atoms with Crippen LogP contribution in [0, 0.1) is 5.92 Å². The number of rotatable bonds is 4. The van der Waals surface area contributed by atoms with Gasteiger partial charge in [0.2, 0.25) is 11.8 Å². The van der Waals surface area contributed by atoms with E-state index in [1.165, 1.54) is 32.1 Å². The van der Waals surface area contributed by atoms with E-state index in [0.717, 1.165) is 0 Å². The number of primary amides is 1. The minimum absolute atomic E-state index is 0.150. The highest BCUT2D eigenvalue weighted by atomic mass is 16.2. The summed E-state index contributed by atoms with van der Waals surface area (Å²) in [5.41, 5.74) is 5.04. The highest BCUT2D eigenvalue weighted by Crippen LogP contribution is 2.27. The number of carbonyl (C=O) groups excluding carboxylic acids is 3. The number of urea groups is 1. The van der Waals surface area contributed by atoms with Crippen LogP contribution in [0.4, 0.5) is 4.79 Å². The normalized spacial score (nSPS) is 20.9. The number of hydrogen-bond donors (Lipinski definition) is 2. The van der Waals surface area contributed by atoms with Crippen molar-refractivity contribution >= 4 is 17.8 Å². The second-order valence-corrected chi connectivity index (χ2v) is 6.64. The van der Waals surface area contributed by atoms with Gasteiger partial charge in [-0.15, -0.1) is 0 Å². The van der Waals surface area contributed by atoms with Crippen LogP contribution >= 0.6 is 0 Å². The molecule has 1 saturated heterocycles. The van der Waals surface area contributed by atoms with Gasteiger partial charge in [-0.25, -0.2) is 4.79 Å². The van der Waals surface area contributed by atoms with E-state index in [1.807, 2.05) is 4.90 Å². The Morgan fingerprint density at radius 2 is 1.61 bits per heavy atom. The Hall–Kier alpha value is -1.79. The maximum absolute atomic E-state index is 12.4. The van der Waals surface area contributed by atoms with E-state index >= 15 is 0 Å². The van der Waals surface area contributed by atoms with Crippen molar-refractivity contribution in [2.24, 2.45) is 11.7 Å². The predicted octanol–water partition coefficient (Wildman–Crippen LogP) is 0.684. The van der Waals surface area contributed by atoms with Gasteiger partial charge in [-0.2, -0.15) is 0 Å². The molecule has 0 spiro atoms. The van der Waals surface area contributed by atoms with E-state index in [2.05, 4.69) is 5.32 Å².